The maximum absolute atomic E-state index is 5.56. The zero-order chi connectivity index (χ0) is 33.1. The summed E-state index contributed by atoms with van der Waals surface area (Å²) in [6, 6.07) is 42.2. The van der Waals surface area contributed by atoms with Crippen LogP contribution in [0.25, 0.3) is 66.6 Å². The molecule has 5 aromatic carbocycles. The van der Waals surface area contributed by atoms with Gasteiger partial charge in [0.25, 0.3) is 0 Å². The number of hydrogen-bond donors (Lipinski definition) is 1. The van der Waals surface area contributed by atoms with Gasteiger partial charge in [-0.1, -0.05) is 114 Å². The van der Waals surface area contributed by atoms with E-state index in [2.05, 4.69) is 176 Å². The monoisotopic (exact) mass is 612 g/mol. The lowest BCUT2D eigenvalue weighted by molar-refractivity contribution is 0.590. The first-order chi connectivity index (χ1) is 22.4. The third-order valence-corrected chi connectivity index (χ3v) is 9.52. The van der Waals surface area contributed by atoms with Crippen molar-refractivity contribution in [3.05, 3.63) is 138 Å². The molecule has 7 rings (SSSR count). The SMILES string of the molecule is Cc1cc(C)c(-c2cc(C(C)(C)C)cc3c2[nH]c2ccc(C(C)(C)C)cc23)nc1-c1cc(-c2ccccc2)cc(-c2ccccc2)c1. The Labute approximate surface area is 279 Å². The van der Waals surface area contributed by atoms with Crippen molar-refractivity contribution in [3.8, 4) is 44.8 Å². The van der Waals surface area contributed by atoms with E-state index >= 15 is 0 Å². The normalized spacial score (nSPS) is 12.3. The average Bonchev–Trinajstić information content (AvgIpc) is 3.42. The minimum Gasteiger partial charge on any atom is -0.354 e. The molecule has 0 aliphatic rings. The predicted octanol–water partition coefficient (Wildman–Crippen LogP) is 12.6. The van der Waals surface area contributed by atoms with Crippen LogP contribution in [0.3, 0.4) is 0 Å². The number of benzene rings is 5. The average molecular weight is 613 g/mol. The van der Waals surface area contributed by atoms with E-state index in [4.69, 9.17) is 4.98 Å². The molecule has 47 heavy (non-hydrogen) atoms. The van der Waals surface area contributed by atoms with E-state index in [1.54, 1.807) is 0 Å². The van der Waals surface area contributed by atoms with E-state index in [1.807, 2.05) is 0 Å². The van der Waals surface area contributed by atoms with Crippen LogP contribution in [0.4, 0.5) is 0 Å². The summed E-state index contributed by atoms with van der Waals surface area (Å²) < 4.78 is 0. The van der Waals surface area contributed by atoms with Crippen molar-refractivity contribution in [3.63, 3.8) is 0 Å². The van der Waals surface area contributed by atoms with Crippen LogP contribution in [0.2, 0.25) is 0 Å². The molecule has 0 spiro atoms. The minimum atomic E-state index is -0.0236. The molecule has 234 valence electrons. The Morgan fingerprint density at radius 3 is 1.57 bits per heavy atom. The topological polar surface area (TPSA) is 28.7 Å². The molecule has 1 N–H and O–H groups in total. The van der Waals surface area contributed by atoms with Gasteiger partial charge in [0.1, 0.15) is 0 Å². The van der Waals surface area contributed by atoms with Crippen molar-refractivity contribution in [2.24, 2.45) is 0 Å². The van der Waals surface area contributed by atoms with Crippen molar-refractivity contribution in [2.45, 2.75) is 66.2 Å². The van der Waals surface area contributed by atoms with Gasteiger partial charge in [-0.25, -0.2) is 4.98 Å². The highest BCUT2D eigenvalue weighted by atomic mass is 14.8. The highest BCUT2D eigenvalue weighted by molar-refractivity contribution is 6.12. The number of nitrogens with zero attached hydrogens (tertiary/aromatic N) is 1. The molecule has 0 fully saturated rings. The van der Waals surface area contributed by atoms with Crippen LogP contribution in [-0.2, 0) is 10.8 Å². The quantitative estimate of drug-likeness (QED) is 0.210. The number of rotatable bonds is 4. The minimum absolute atomic E-state index is 0.0236. The van der Waals surface area contributed by atoms with E-state index < -0.39 is 0 Å². The Morgan fingerprint density at radius 2 is 1.00 bits per heavy atom. The summed E-state index contributed by atoms with van der Waals surface area (Å²) in [5.74, 6) is 0. The number of aryl methyl sites for hydroxylation is 2. The van der Waals surface area contributed by atoms with Gasteiger partial charge in [-0.05, 0) is 112 Å². The van der Waals surface area contributed by atoms with Crippen LogP contribution in [0.1, 0.15) is 63.8 Å². The summed E-state index contributed by atoms with van der Waals surface area (Å²) in [6.07, 6.45) is 0. The van der Waals surface area contributed by atoms with Gasteiger partial charge in [-0.2, -0.15) is 0 Å². The molecule has 0 atom stereocenters. The second kappa shape index (κ2) is 11.4. The van der Waals surface area contributed by atoms with Crippen molar-refractivity contribution in [1.82, 2.24) is 9.97 Å². The number of pyridine rings is 1. The van der Waals surface area contributed by atoms with Gasteiger partial charge < -0.3 is 4.98 Å². The van der Waals surface area contributed by atoms with Crippen LogP contribution >= 0.6 is 0 Å². The van der Waals surface area contributed by atoms with Crippen molar-refractivity contribution in [1.29, 1.82) is 0 Å². The van der Waals surface area contributed by atoms with E-state index in [0.717, 1.165) is 33.5 Å². The molecular formula is C45H44N2. The van der Waals surface area contributed by atoms with Crippen LogP contribution in [0.5, 0.6) is 0 Å². The summed E-state index contributed by atoms with van der Waals surface area (Å²) in [6.45, 7) is 18.1. The van der Waals surface area contributed by atoms with Crippen LogP contribution in [0.15, 0.2) is 115 Å². The zero-order valence-electron chi connectivity index (χ0n) is 28.9. The Bertz CT molecular complexity index is 2200. The molecular weight excluding hydrogens is 569 g/mol. The summed E-state index contributed by atoms with van der Waals surface area (Å²) in [5, 5.41) is 2.53. The Kier molecular flexibility index (Phi) is 7.43. The van der Waals surface area contributed by atoms with Gasteiger partial charge in [-0.3, -0.25) is 0 Å². The number of fused-ring (bicyclic) bond motifs is 3. The fraction of sp³-hybridized carbons (Fsp3) is 0.222. The second-order valence-electron chi connectivity index (χ2n) is 15.2. The molecule has 0 bridgehead atoms. The van der Waals surface area contributed by atoms with E-state index in [-0.39, 0.29) is 10.8 Å². The molecule has 7 aromatic rings. The fourth-order valence-corrected chi connectivity index (χ4v) is 6.76. The number of nitrogens with one attached hydrogen (secondary N) is 1. The summed E-state index contributed by atoms with van der Waals surface area (Å²) >= 11 is 0. The van der Waals surface area contributed by atoms with E-state index in [1.165, 1.54) is 55.3 Å². The first-order valence-corrected chi connectivity index (χ1v) is 16.7. The summed E-state index contributed by atoms with van der Waals surface area (Å²) in [4.78, 5) is 9.39. The lowest BCUT2D eigenvalue weighted by Gasteiger charge is -2.22. The highest BCUT2D eigenvalue weighted by Gasteiger charge is 2.23. The molecule has 2 nitrogen and oxygen atoms in total. The Balaban J connectivity index is 1.49. The van der Waals surface area contributed by atoms with Gasteiger partial charge in [0.2, 0.25) is 0 Å². The van der Waals surface area contributed by atoms with Crippen LogP contribution in [-0.4, -0.2) is 9.97 Å². The van der Waals surface area contributed by atoms with Crippen LogP contribution in [0, 0.1) is 13.8 Å². The summed E-state index contributed by atoms with van der Waals surface area (Å²) in [5.41, 5.74) is 16.4. The highest BCUT2D eigenvalue weighted by Crippen LogP contribution is 2.41. The number of aromatic amines is 1. The second-order valence-corrected chi connectivity index (χ2v) is 15.2. The Morgan fingerprint density at radius 1 is 0.468 bits per heavy atom. The van der Waals surface area contributed by atoms with Gasteiger partial charge >= 0.3 is 0 Å². The lowest BCUT2D eigenvalue weighted by atomic mass is 9.83. The largest absolute Gasteiger partial charge is 0.354 e. The van der Waals surface area contributed by atoms with Gasteiger partial charge in [-0.15, -0.1) is 0 Å². The molecule has 0 amide bonds. The summed E-state index contributed by atoms with van der Waals surface area (Å²) in [7, 11) is 0. The first kappa shape index (κ1) is 30.7. The van der Waals surface area contributed by atoms with Crippen LogP contribution < -0.4 is 0 Å². The number of H-pyrrole nitrogens is 1. The molecule has 0 aliphatic carbocycles. The van der Waals surface area contributed by atoms with Gasteiger partial charge in [0.05, 0.1) is 16.9 Å². The van der Waals surface area contributed by atoms with Crippen molar-refractivity contribution < 1.29 is 0 Å². The molecule has 0 aliphatic heterocycles. The maximum Gasteiger partial charge on any atom is 0.0760 e. The maximum atomic E-state index is 5.56. The number of aromatic nitrogens is 2. The van der Waals surface area contributed by atoms with E-state index in [0.29, 0.717) is 0 Å². The first-order valence-electron chi connectivity index (χ1n) is 16.7. The molecule has 2 heterocycles. The Hall–Kier alpha value is -4.95. The van der Waals surface area contributed by atoms with Gasteiger partial charge in [0.15, 0.2) is 0 Å². The standard InChI is InChI=1S/C45H44N2/c1-28-21-29(2)42(39-27-36(45(6,7)8)26-38-37-25-35(44(3,4)5)19-20-40(37)46-43(38)39)47-41(28)34-23-32(30-15-11-9-12-16-30)22-33(24-34)31-17-13-10-14-18-31/h9-27,46H,1-8H3. The van der Waals surface area contributed by atoms with Gasteiger partial charge in [0, 0.05) is 27.4 Å². The lowest BCUT2D eigenvalue weighted by Crippen LogP contribution is -2.11. The molecule has 2 heteroatoms. The third-order valence-electron chi connectivity index (χ3n) is 9.52. The molecule has 0 unspecified atom stereocenters. The predicted molar refractivity (Wildman–Crippen MR) is 202 cm³/mol. The zero-order valence-corrected chi connectivity index (χ0v) is 28.9. The van der Waals surface area contributed by atoms with Crippen molar-refractivity contribution in [2.75, 3.05) is 0 Å². The molecule has 0 saturated heterocycles. The third kappa shape index (κ3) is 5.78. The molecule has 0 radical (unpaired) electrons. The van der Waals surface area contributed by atoms with Crippen molar-refractivity contribution >= 4 is 21.8 Å². The molecule has 2 aromatic heterocycles. The number of hydrogen-bond acceptors (Lipinski definition) is 1. The fourth-order valence-electron chi connectivity index (χ4n) is 6.76. The molecule has 0 saturated carbocycles. The van der Waals surface area contributed by atoms with E-state index in [9.17, 15) is 0 Å². The smallest absolute Gasteiger partial charge is 0.0760 e.